The molecule has 0 N–H and O–H groups in total. The second-order valence-corrected chi connectivity index (χ2v) is 19.7. The summed E-state index contributed by atoms with van der Waals surface area (Å²) in [6.45, 7) is 19.6. The molecule has 6 heteroatoms. The van der Waals surface area contributed by atoms with E-state index in [0.717, 1.165) is 13.0 Å². The van der Waals surface area contributed by atoms with Crippen LogP contribution >= 0.6 is 11.1 Å². The lowest BCUT2D eigenvalue weighted by molar-refractivity contribution is 0.330. The third-order valence-electron chi connectivity index (χ3n) is 2.82. The van der Waals surface area contributed by atoms with Crippen LogP contribution < -0.4 is 0 Å². The van der Waals surface area contributed by atoms with Gasteiger partial charge in [-0.25, -0.2) is 0 Å². The third-order valence-corrected chi connectivity index (χ3v) is 14.3. The molecule has 0 amide bonds. The van der Waals surface area contributed by atoms with Gasteiger partial charge in [-0.2, -0.15) is 0 Å². The van der Waals surface area contributed by atoms with Crippen LogP contribution in [0.4, 0.5) is 0 Å². The average molecular weight is 312 g/mol. The molecule has 0 spiro atoms. The van der Waals surface area contributed by atoms with Gasteiger partial charge >= 0.3 is 0 Å². The van der Waals surface area contributed by atoms with Crippen LogP contribution in [0, 0.1) is 0 Å². The Morgan fingerprint density at radius 3 is 1.71 bits per heavy atom. The molecule has 2 nitrogen and oxygen atoms in total. The van der Waals surface area contributed by atoms with Crippen molar-refractivity contribution >= 4 is 35.9 Å². The van der Waals surface area contributed by atoms with Crippen molar-refractivity contribution in [2.75, 3.05) is 6.61 Å². The normalized spacial score (nSPS) is 17.3. The molecule has 0 aromatic rings. The fourth-order valence-electron chi connectivity index (χ4n) is 2.76. The minimum absolute atomic E-state index is 0.495. The van der Waals surface area contributed by atoms with Crippen LogP contribution in [0.5, 0.6) is 0 Å². The third kappa shape index (κ3) is 5.57. The van der Waals surface area contributed by atoms with E-state index in [1.807, 2.05) is 6.92 Å². The van der Waals surface area contributed by atoms with Crippen molar-refractivity contribution in [3.63, 3.8) is 0 Å². The Labute approximate surface area is 116 Å². The summed E-state index contributed by atoms with van der Waals surface area (Å²) >= 11 is 6.57. The maximum Gasteiger partial charge on any atom is 0.289 e. The summed E-state index contributed by atoms with van der Waals surface area (Å²) in [5.41, 5.74) is 0.495. The molecule has 0 aliphatic carbocycles. The minimum atomic E-state index is -1.61. The zero-order chi connectivity index (χ0) is 13.9. The predicted molar refractivity (Wildman–Crippen MR) is 87.2 cm³/mol. The van der Waals surface area contributed by atoms with Crippen LogP contribution in [-0.4, -0.2) is 41.3 Å². The molecule has 0 aromatic carbocycles. The lowest BCUT2D eigenvalue weighted by Crippen LogP contribution is -2.66. The van der Waals surface area contributed by atoms with E-state index >= 15 is 0 Å². The number of nitrogens with zero attached hydrogens (tertiary/aromatic N) is 1. The summed E-state index contributed by atoms with van der Waals surface area (Å²) in [5.74, 6) is 0. The van der Waals surface area contributed by atoms with Gasteiger partial charge < -0.3 is 8.66 Å². The number of hydrogen-bond acceptors (Lipinski definition) is 2. The van der Waals surface area contributed by atoms with Gasteiger partial charge in [-0.05, 0) is 13.3 Å². The SMILES string of the molecule is CCO[SiH](Cl)C(CC)N([Si](C)(C)C)[Si](C)(C)C. The fraction of sp³-hybridized carbons (Fsp3) is 1.00. The smallest absolute Gasteiger partial charge is 0.289 e. The van der Waals surface area contributed by atoms with Gasteiger partial charge in [-0.1, -0.05) is 46.2 Å². The second kappa shape index (κ2) is 6.86. The minimum Gasteiger partial charge on any atom is -0.405 e. The molecule has 0 saturated carbocycles. The first-order valence-corrected chi connectivity index (χ1v) is 16.4. The molecule has 0 heterocycles. The summed E-state index contributed by atoms with van der Waals surface area (Å²) in [6, 6.07) is 0. The van der Waals surface area contributed by atoms with Crippen molar-refractivity contribution in [2.24, 2.45) is 0 Å². The summed E-state index contributed by atoms with van der Waals surface area (Å²) in [7, 11) is -4.27. The fourth-order valence-corrected chi connectivity index (χ4v) is 19.6. The van der Waals surface area contributed by atoms with Crippen LogP contribution in [0.25, 0.3) is 0 Å². The lowest BCUT2D eigenvalue weighted by Gasteiger charge is -2.49. The van der Waals surface area contributed by atoms with Crippen LogP contribution in [0.1, 0.15) is 20.3 Å². The quantitative estimate of drug-likeness (QED) is 0.524. The summed E-state index contributed by atoms with van der Waals surface area (Å²) in [5, 5.41) is 0. The highest BCUT2D eigenvalue weighted by molar-refractivity contribution is 7.05. The molecule has 104 valence electrons. The first-order valence-electron chi connectivity index (χ1n) is 6.60. The molecule has 2 atom stereocenters. The van der Waals surface area contributed by atoms with E-state index in [2.05, 4.69) is 50.4 Å². The second-order valence-electron chi connectivity index (χ2n) is 6.49. The highest BCUT2D eigenvalue weighted by atomic mass is 35.6. The molecule has 0 rings (SSSR count). The van der Waals surface area contributed by atoms with Gasteiger partial charge in [0.05, 0.1) is 0 Å². The Kier molecular flexibility index (Phi) is 7.21. The largest absolute Gasteiger partial charge is 0.405 e. The highest BCUT2D eigenvalue weighted by Gasteiger charge is 2.42. The molecule has 0 fully saturated rings. The first-order chi connectivity index (χ1) is 7.55. The van der Waals surface area contributed by atoms with Gasteiger partial charge in [0.2, 0.25) is 0 Å². The maximum atomic E-state index is 6.57. The number of hydrogen-bond donors (Lipinski definition) is 0. The molecule has 0 radical (unpaired) electrons. The van der Waals surface area contributed by atoms with Gasteiger partial charge in [0.25, 0.3) is 8.35 Å². The van der Waals surface area contributed by atoms with E-state index < -0.39 is 24.8 Å². The van der Waals surface area contributed by atoms with E-state index in [-0.39, 0.29) is 0 Å². The standard InChI is InChI=1S/C11H30ClNOSi3/c1-9-11(15(12)14-10-2)13(16(3,4)5)17(6,7)8/h11,15H,9-10H2,1-8H3. The molecule has 17 heavy (non-hydrogen) atoms. The molecular weight excluding hydrogens is 282 g/mol. The molecule has 0 bridgehead atoms. The van der Waals surface area contributed by atoms with E-state index in [4.69, 9.17) is 15.5 Å². The first kappa shape index (κ1) is 17.9. The monoisotopic (exact) mass is 311 g/mol. The Balaban J connectivity index is 5.14. The molecule has 0 aliphatic rings. The topological polar surface area (TPSA) is 12.5 Å². The van der Waals surface area contributed by atoms with Gasteiger partial charge in [0.1, 0.15) is 16.5 Å². The maximum absolute atomic E-state index is 6.57. The van der Waals surface area contributed by atoms with Crippen LogP contribution in [0.2, 0.25) is 39.3 Å². The molecule has 0 aromatic heterocycles. The van der Waals surface area contributed by atoms with Crippen LogP contribution in [0.3, 0.4) is 0 Å². The predicted octanol–water partition coefficient (Wildman–Crippen LogP) is 3.77. The highest BCUT2D eigenvalue weighted by Crippen LogP contribution is 2.27. The Morgan fingerprint density at radius 1 is 1.06 bits per heavy atom. The van der Waals surface area contributed by atoms with Gasteiger partial charge in [0.15, 0.2) is 0 Å². The molecule has 2 unspecified atom stereocenters. The summed E-state index contributed by atoms with van der Waals surface area (Å²) < 4.78 is 8.58. The lowest BCUT2D eigenvalue weighted by atomic mass is 10.5. The average Bonchev–Trinajstić information content (AvgIpc) is 2.09. The molecule has 0 saturated heterocycles. The van der Waals surface area contributed by atoms with Crippen molar-refractivity contribution in [3.8, 4) is 0 Å². The van der Waals surface area contributed by atoms with Gasteiger partial charge in [-0.15, -0.1) is 11.1 Å². The van der Waals surface area contributed by atoms with E-state index in [1.54, 1.807) is 0 Å². The van der Waals surface area contributed by atoms with Crippen molar-refractivity contribution in [1.29, 1.82) is 0 Å². The van der Waals surface area contributed by atoms with E-state index in [9.17, 15) is 0 Å². The van der Waals surface area contributed by atoms with Gasteiger partial charge in [-0.3, -0.25) is 0 Å². The number of halogens is 1. The van der Waals surface area contributed by atoms with E-state index in [1.165, 1.54) is 0 Å². The van der Waals surface area contributed by atoms with Crippen LogP contribution in [0.15, 0.2) is 0 Å². The summed E-state index contributed by atoms with van der Waals surface area (Å²) in [6.07, 6.45) is 1.12. The van der Waals surface area contributed by atoms with Crippen molar-refractivity contribution in [2.45, 2.75) is 65.2 Å². The van der Waals surface area contributed by atoms with Crippen molar-refractivity contribution < 1.29 is 4.43 Å². The van der Waals surface area contributed by atoms with Gasteiger partial charge in [0, 0.05) is 12.3 Å². The van der Waals surface area contributed by atoms with Crippen LogP contribution in [-0.2, 0) is 4.43 Å². The Morgan fingerprint density at radius 2 is 1.47 bits per heavy atom. The van der Waals surface area contributed by atoms with Crippen molar-refractivity contribution in [3.05, 3.63) is 0 Å². The van der Waals surface area contributed by atoms with Crippen molar-refractivity contribution in [1.82, 2.24) is 4.23 Å². The number of rotatable bonds is 7. The Bertz CT molecular complexity index is 214. The zero-order valence-electron chi connectivity index (χ0n) is 12.8. The summed E-state index contributed by atoms with van der Waals surface area (Å²) in [4.78, 5) is 0. The molecular formula is C11H30ClNOSi3. The Hall–Kier alpha value is 0.861. The zero-order valence-corrected chi connectivity index (χ0v) is 16.7. The van der Waals surface area contributed by atoms with E-state index in [0.29, 0.717) is 5.67 Å². The molecule has 0 aliphatic heterocycles.